The molecule has 8 nitrogen and oxygen atoms in total. The molecule has 202 valence electrons. The zero-order chi connectivity index (χ0) is 27.4. The van der Waals surface area contributed by atoms with Crippen LogP contribution < -0.4 is 0 Å². The lowest BCUT2D eigenvalue weighted by Gasteiger charge is -2.81. The Labute approximate surface area is 231 Å². The van der Waals surface area contributed by atoms with Crippen molar-refractivity contribution in [3.63, 3.8) is 0 Å². The highest BCUT2D eigenvalue weighted by Gasteiger charge is 2.86. The Bertz CT molecular complexity index is 1130. The predicted molar refractivity (Wildman–Crippen MR) is 143 cm³/mol. The first-order valence-electron chi connectivity index (χ1n) is 12.7. The third-order valence-corrected chi connectivity index (χ3v) is 10.6. The number of carbonyl (C=O) groups is 3. The van der Waals surface area contributed by atoms with E-state index in [0.717, 1.165) is 17.6 Å². The van der Waals surface area contributed by atoms with Gasteiger partial charge >= 0.3 is 11.9 Å². The van der Waals surface area contributed by atoms with Crippen LogP contribution in [-0.4, -0.2) is 57.5 Å². The van der Waals surface area contributed by atoms with Crippen LogP contribution in [0.5, 0.6) is 0 Å². The van der Waals surface area contributed by atoms with Crippen molar-refractivity contribution in [3.05, 3.63) is 47.0 Å². The van der Waals surface area contributed by atoms with Crippen molar-refractivity contribution in [1.82, 2.24) is 0 Å². The molecule has 1 spiro atoms. The van der Waals surface area contributed by atoms with Gasteiger partial charge in [0.2, 0.25) is 0 Å². The molecule has 0 aliphatic heterocycles. The normalized spacial score (nSPS) is 39.9. The van der Waals surface area contributed by atoms with Crippen molar-refractivity contribution >= 4 is 40.7 Å². The zero-order valence-corrected chi connectivity index (χ0v) is 23.8. The minimum absolute atomic E-state index is 0.0347. The van der Waals surface area contributed by atoms with E-state index in [2.05, 4.69) is 0 Å². The number of aromatic carboxylic acids is 1. The summed E-state index contributed by atoms with van der Waals surface area (Å²) in [5.74, 6) is -1.66. The van der Waals surface area contributed by atoms with Crippen molar-refractivity contribution < 1.29 is 37.5 Å². The first kappa shape index (κ1) is 28.2. The molecule has 0 bridgehead atoms. The molecule has 1 aromatic rings. The molecular formula is C28H35IO8. The molecule has 5 rings (SSSR count). The topological polar surface area (TPSA) is 130 Å². The Morgan fingerprint density at radius 1 is 1.16 bits per heavy atom. The van der Waals surface area contributed by atoms with Gasteiger partial charge in [-0.15, -0.1) is 0 Å². The van der Waals surface area contributed by atoms with Crippen LogP contribution in [0.15, 0.2) is 41.5 Å². The van der Waals surface area contributed by atoms with Crippen LogP contribution in [0, 0.1) is 22.2 Å². The van der Waals surface area contributed by atoms with Crippen LogP contribution in [0.1, 0.15) is 70.2 Å². The molecule has 3 saturated carbocycles. The monoisotopic (exact) mass is 626 g/mol. The maximum Gasteiger partial charge on any atom is 0.335 e. The van der Waals surface area contributed by atoms with Crippen molar-refractivity contribution in [1.29, 1.82) is 0 Å². The predicted octanol–water partition coefficient (Wildman–Crippen LogP) is 4.27. The van der Waals surface area contributed by atoms with Crippen molar-refractivity contribution in [3.8, 4) is 0 Å². The van der Waals surface area contributed by atoms with E-state index in [4.69, 9.17) is 12.9 Å². The molecule has 1 aromatic carbocycles. The maximum absolute atomic E-state index is 14.0. The number of ether oxygens (including phenoxy) is 1. The van der Waals surface area contributed by atoms with Crippen molar-refractivity contribution in [2.45, 2.75) is 77.6 Å². The van der Waals surface area contributed by atoms with E-state index in [-0.39, 0.29) is 24.4 Å². The molecule has 0 amide bonds. The molecule has 0 aromatic heterocycles. The van der Waals surface area contributed by atoms with Gasteiger partial charge in [-0.25, -0.2) is 4.79 Å². The van der Waals surface area contributed by atoms with E-state index >= 15 is 0 Å². The highest BCUT2D eigenvalue weighted by molar-refractivity contribution is 14.1. The van der Waals surface area contributed by atoms with Gasteiger partial charge < -0.3 is 23.1 Å². The molecule has 0 heterocycles. The van der Waals surface area contributed by atoms with Gasteiger partial charge in [0, 0.05) is 24.4 Å². The number of allylic oxidation sites excluding steroid dienone is 1. The second-order valence-corrected chi connectivity index (χ2v) is 11.8. The lowest BCUT2D eigenvalue weighted by molar-refractivity contribution is -0.341. The quantitative estimate of drug-likeness (QED) is 0.257. The minimum atomic E-state index is -1.00. The second kappa shape index (κ2) is 9.73. The van der Waals surface area contributed by atoms with Crippen molar-refractivity contribution in [2.24, 2.45) is 22.2 Å². The summed E-state index contributed by atoms with van der Waals surface area (Å²) in [6.07, 6.45) is 1.79. The van der Waals surface area contributed by atoms with E-state index in [1.807, 2.05) is 43.8 Å². The highest BCUT2D eigenvalue weighted by Crippen LogP contribution is 2.83. The van der Waals surface area contributed by atoms with Crippen LogP contribution in [0.3, 0.4) is 0 Å². The number of esters is 1. The average Bonchev–Trinajstić information content (AvgIpc) is 2.86. The lowest BCUT2D eigenvalue weighted by Crippen LogP contribution is -2.85. The molecule has 37 heavy (non-hydrogen) atoms. The number of carboxylic acids is 1. The third-order valence-electron chi connectivity index (χ3n) is 10.00. The van der Waals surface area contributed by atoms with Crippen LogP contribution in [0.25, 0.3) is 0 Å². The lowest BCUT2D eigenvalue weighted by atomic mass is 9.23. The largest absolute Gasteiger partial charge is 0.478 e. The van der Waals surface area contributed by atoms with Crippen LogP contribution in [0.4, 0.5) is 0 Å². The fourth-order valence-corrected chi connectivity index (χ4v) is 9.03. The maximum atomic E-state index is 14.0. The molecule has 2 unspecified atom stereocenters. The summed E-state index contributed by atoms with van der Waals surface area (Å²) >= 11 is 1.85. The number of Topliss-reactive ketones (excluding diaryl/α,β-unsaturated/α-hetero) is 1. The van der Waals surface area contributed by atoms with Crippen LogP contribution in [-0.2, 0) is 17.4 Å². The van der Waals surface area contributed by atoms with Gasteiger partial charge in [-0.1, -0.05) is 30.7 Å². The van der Waals surface area contributed by atoms with Gasteiger partial charge in [-0.05, 0) is 69.6 Å². The SMILES string of the molecule is CC(=O)O[C@H]1C(=O)[C@]2(C)C(OI)CC[C@@H](CO)C23C[C@]2(O)CCC(C)=C1[C@]32C.O=C(O)c1ccccc1. The summed E-state index contributed by atoms with van der Waals surface area (Å²) in [7, 11) is 0. The van der Waals surface area contributed by atoms with E-state index in [0.29, 0.717) is 31.2 Å². The highest BCUT2D eigenvalue weighted by atomic mass is 127. The van der Waals surface area contributed by atoms with Gasteiger partial charge in [0.05, 0.1) is 22.7 Å². The smallest absolute Gasteiger partial charge is 0.335 e. The van der Waals surface area contributed by atoms with Crippen molar-refractivity contribution in [2.75, 3.05) is 6.61 Å². The molecule has 3 fully saturated rings. The van der Waals surface area contributed by atoms with Crippen LogP contribution >= 0.6 is 23.0 Å². The van der Waals surface area contributed by atoms with E-state index in [9.17, 15) is 24.6 Å². The van der Waals surface area contributed by atoms with E-state index in [1.54, 1.807) is 30.3 Å². The summed E-state index contributed by atoms with van der Waals surface area (Å²) in [4.78, 5) is 36.1. The molecule has 4 aliphatic rings. The fourth-order valence-electron chi connectivity index (χ4n) is 8.27. The Balaban J connectivity index is 0.000000301. The van der Waals surface area contributed by atoms with Gasteiger partial charge in [-0.2, -0.15) is 0 Å². The second-order valence-electron chi connectivity index (χ2n) is 11.3. The number of halogens is 1. The first-order valence-corrected chi connectivity index (χ1v) is 13.5. The third kappa shape index (κ3) is 3.67. The number of aliphatic hydroxyl groups excluding tert-OH is 1. The summed E-state index contributed by atoms with van der Waals surface area (Å²) < 4.78 is 11.4. The Morgan fingerprint density at radius 3 is 2.32 bits per heavy atom. The molecule has 0 radical (unpaired) electrons. The molecule has 4 aliphatic carbocycles. The van der Waals surface area contributed by atoms with E-state index in [1.165, 1.54) is 6.92 Å². The Morgan fingerprint density at radius 2 is 1.81 bits per heavy atom. The molecule has 9 heteroatoms. The van der Waals surface area contributed by atoms with Crippen LogP contribution in [0.2, 0.25) is 0 Å². The number of rotatable bonds is 4. The number of benzene rings is 1. The fraction of sp³-hybridized carbons (Fsp3) is 0.607. The molecular weight excluding hydrogens is 591 g/mol. The van der Waals surface area contributed by atoms with E-state index < -0.39 is 39.9 Å². The summed E-state index contributed by atoms with van der Waals surface area (Å²) in [6.45, 7) is 7.18. The number of ketones is 1. The molecule has 7 atom stereocenters. The molecule has 0 saturated heterocycles. The van der Waals surface area contributed by atoms with Gasteiger partial charge in [-0.3, -0.25) is 9.59 Å². The number of carboxylic acid groups (broad SMARTS) is 1. The molecule has 3 N–H and O–H groups in total. The van der Waals surface area contributed by atoms with Gasteiger partial charge in [0.1, 0.15) is 23.0 Å². The number of aliphatic hydroxyl groups is 2. The number of carbonyl (C=O) groups excluding carboxylic acids is 2. The minimum Gasteiger partial charge on any atom is -0.478 e. The first-order chi connectivity index (χ1) is 17.4. The summed E-state index contributed by atoms with van der Waals surface area (Å²) in [5.41, 5.74) is -1.18. The summed E-state index contributed by atoms with van der Waals surface area (Å²) in [6, 6.07) is 8.30. The van der Waals surface area contributed by atoms with Gasteiger partial charge in [0.25, 0.3) is 0 Å². The zero-order valence-electron chi connectivity index (χ0n) is 21.6. The number of hydrogen-bond donors (Lipinski definition) is 3. The standard InChI is InChI=1S/C21H29IO6.C7H6O2/c1-11-7-8-20(26)10-21-13(9-23)5-6-14(28-22)18(21,3)17(25)16(27-12(2)24)15(11)19(20,21)4;8-7(9)6-4-2-1-3-5-6/h13-14,16,23,26H,5-10H2,1-4H3;1-5H,(H,8,9)/t13-,14?,16+,18-,19-,20+,21?;/m0./s1. The average molecular weight is 626 g/mol. The number of hydrogen-bond acceptors (Lipinski definition) is 7. The Kier molecular flexibility index (Phi) is 7.42. The van der Waals surface area contributed by atoms with Gasteiger partial charge in [0.15, 0.2) is 11.9 Å². The summed E-state index contributed by atoms with van der Waals surface area (Å²) in [5, 5.41) is 30.4. The Hall–Kier alpha value is -1.82.